The maximum Gasteiger partial charge on any atom is 0.267 e. The van der Waals surface area contributed by atoms with Gasteiger partial charge in [0, 0.05) is 6.42 Å². The molecular weight excluding hydrogens is 326 g/mol. The summed E-state index contributed by atoms with van der Waals surface area (Å²) in [5.41, 5.74) is -0.697. The lowest BCUT2D eigenvalue weighted by Gasteiger charge is -2.29. The zero-order chi connectivity index (χ0) is 17.7. The third kappa shape index (κ3) is 2.92. The Bertz CT molecular complexity index is 574. The van der Waals surface area contributed by atoms with Crippen molar-refractivity contribution in [2.24, 2.45) is 5.92 Å². The Labute approximate surface area is 147 Å². The fourth-order valence-electron chi connectivity index (χ4n) is 5.07. The molecule has 5 atom stereocenters. The number of rotatable bonds is 7. The molecule has 2 N–H and O–H groups in total. The molecule has 0 amide bonds. The highest BCUT2D eigenvalue weighted by atomic mass is 19.3. The van der Waals surface area contributed by atoms with Crippen molar-refractivity contribution in [1.82, 2.24) is 10.2 Å². The van der Waals surface area contributed by atoms with E-state index in [4.69, 9.17) is 4.74 Å². The lowest BCUT2D eigenvalue weighted by atomic mass is 9.96. The number of hydrogen-bond acceptors (Lipinski definition) is 4. The molecule has 2 aliphatic carbocycles. The van der Waals surface area contributed by atoms with Crippen LogP contribution in [-0.4, -0.2) is 47.0 Å². The first-order chi connectivity index (χ1) is 12.0. The topological polar surface area (TPSA) is 44.5 Å². The molecule has 2 heterocycles. The predicted octanol–water partition coefficient (Wildman–Crippen LogP) is 3.14. The molecule has 0 aromatic rings. The maximum atomic E-state index is 14.9. The molecule has 0 bridgehead atoms. The van der Waals surface area contributed by atoms with Gasteiger partial charge in [-0.2, -0.15) is 0 Å². The Morgan fingerprint density at radius 1 is 1.36 bits per heavy atom. The summed E-state index contributed by atoms with van der Waals surface area (Å²) in [5, 5.41) is 13.2. The quantitative estimate of drug-likeness (QED) is 0.545. The average molecular weight is 354 g/mol. The zero-order valence-electron chi connectivity index (χ0n) is 14.8. The van der Waals surface area contributed by atoms with Crippen molar-refractivity contribution in [3.8, 4) is 0 Å². The Kier molecular flexibility index (Phi) is 4.41. The van der Waals surface area contributed by atoms with Crippen LogP contribution in [0.15, 0.2) is 24.0 Å². The van der Waals surface area contributed by atoms with Crippen molar-refractivity contribution < 1.29 is 18.6 Å². The van der Waals surface area contributed by atoms with Gasteiger partial charge in [-0.15, -0.1) is 0 Å². The summed E-state index contributed by atoms with van der Waals surface area (Å²) >= 11 is 0. The Morgan fingerprint density at radius 2 is 2.12 bits per heavy atom. The molecule has 0 aromatic heterocycles. The number of aliphatic hydroxyl groups excluding tert-OH is 1. The number of hydrogen-bond donors (Lipinski definition) is 2. The second-order valence-electron chi connectivity index (χ2n) is 7.98. The molecular formula is C19H28F2N2O2. The van der Waals surface area contributed by atoms with E-state index >= 15 is 0 Å². The van der Waals surface area contributed by atoms with E-state index < -0.39 is 23.9 Å². The van der Waals surface area contributed by atoms with Gasteiger partial charge in [-0.05, 0) is 24.5 Å². The van der Waals surface area contributed by atoms with E-state index in [1.165, 1.54) is 25.7 Å². The fraction of sp³-hybridized carbons (Fsp3) is 0.789. The van der Waals surface area contributed by atoms with E-state index in [1.54, 1.807) is 24.2 Å². The number of piperazine rings is 1. The molecule has 5 unspecified atom stereocenters. The monoisotopic (exact) mass is 354 g/mol. The van der Waals surface area contributed by atoms with E-state index in [-0.39, 0.29) is 12.5 Å². The first-order valence-corrected chi connectivity index (χ1v) is 9.55. The summed E-state index contributed by atoms with van der Waals surface area (Å²) in [6, 6.07) is -1.30. The first kappa shape index (κ1) is 17.4. The summed E-state index contributed by atoms with van der Waals surface area (Å²) in [7, 11) is 1.56. The number of ether oxygens (including phenoxy) is 1. The molecule has 1 saturated carbocycles. The number of alkyl halides is 2. The smallest absolute Gasteiger partial charge is 0.267 e. The molecule has 4 rings (SSSR count). The van der Waals surface area contributed by atoms with Gasteiger partial charge in [-0.1, -0.05) is 44.6 Å². The van der Waals surface area contributed by atoms with Crippen LogP contribution in [0.1, 0.15) is 51.4 Å². The van der Waals surface area contributed by atoms with Crippen LogP contribution >= 0.6 is 0 Å². The summed E-state index contributed by atoms with van der Waals surface area (Å²) in [6.45, 7) is 0. The lowest BCUT2D eigenvalue weighted by Crippen LogP contribution is -2.50. The number of unbranched alkanes of at least 4 members (excludes halogenated alkanes) is 1. The van der Waals surface area contributed by atoms with Crippen molar-refractivity contribution in [3.63, 3.8) is 0 Å². The van der Waals surface area contributed by atoms with Crippen LogP contribution < -0.4 is 5.32 Å². The number of aliphatic hydroxyl groups is 1. The molecule has 2 saturated heterocycles. The predicted molar refractivity (Wildman–Crippen MR) is 90.9 cm³/mol. The number of methoxy groups -OCH3 is 1. The van der Waals surface area contributed by atoms with Crippen molar-refractivity contribution in [2.45, 2.75) is 81.3 Å². The van der Waals surface area contributed by atoms with Crippen molar-refractivity contribution in [1.29, 1.82) is 0 Å². The number of nitrogens with one attached hydrogen (secondary N) is 1. The van der Waals surface area contributed by atoms with Gasteiger partial charge in [-0.3, -0.25) is 10.2 Å². The van der Waals surface area contributed by atoms with Crippen molar-refractivity contribution in [2.75, 3.05) is 7.11 Å². The largest absolute Gasteiger partial charge is 0.497 e. The third-order valence-electron chi connectivity index (χ3n) is 6.41. The van der Waals surface area contributed by atoms with Crippen LogP contribution in [-0.2, 0) is 4.74 Å². The van der Waals surface area contributed by atoms with Crippen molar-refractivity contribution in [3.05, 3.63) is 24.0 Å². The van der Waals surface area contributed by atoms with Gasteiger partial charge < -0.3 is 9.84 Å². The molecule has 3 fully saturated rings. The Hall–Kier alpha value is -0.980. The number of nitrogens with zero attached hydrogens (tertiary/aromatic N) is 1. The van der Waals surface area contributed by atoms with Gasteiger partial charge in [-0.25, -0.2) is 8.78 Å². The van der Waals surface area contributed by atoms with E-state index in [2.05, 4.69) is 5.32 Å². The summed E-state index contributed by atoms with van der Waals surface area (Å²) in [4.78, 5) is 1.69. The molecule has 0 radical (unpaired) electrons. The third-order valence-corrected chi connectivity index (χ3v) is 6.41. The van der Waals surface area contributed by atoms with Crippen LogP contribution in [0.3, 0.4) is 0 Å². The number of fused-ring (bicyclic) bond motifs is 1. The minimum Gasteiger partial charge on any atom is -0.497 e. The van der Waals surface area contributed by atoms with Crippen molar-refractivity contribution >= 4 is 0 Å². The second kappa shape index (κ2) is 6.32. The van der Waals surface area contributed by atoms with Gasteiger partial charge in [0.05, 0.1) is 13.2 Å². The van der Waals surface area contributed by atoms with Gasteiger partial charge in [0.2, 0.25) is 0 Å². The SMILES string of the molecule is COC1=CC23NC(O)C(C(F)(F)CCCCC4CCCC4)N2C3C=C1. The average Bonchev–Trinajstić information content (AvgIpc) is 2.93. The van der Waals surface area contributed by atoms with E-state index in [0.717, 1.165) is 18.8 Å². The fourth-order valence-corrected chi connectivity index (χ4v) is 5.07. The molecule has 140 valence electrons. The normalized spacial score (nSPS) is 39.9. The van der Waals surface area contributed by atoms with E-state index in [1.807, 2.05) is 6.08 Å². The highest BCUT2D eigenvalue weighted by Gasteiger charge is 2.74. The molecule has 25 heavy (non-hydrogen) atoms. The van der Waals surface area contributed by atoms with Crippen LogP contribution in [0.2, 0.25) is 0 Å². The second-order valence-corrected chi connectivity index (χ2v) is 7.98. The molecule has 4 aliphatic rings. The van der Waals surface area contributed by atoms with Crippen LogP contribution in [0.4, 0.5) is 8.78 Å². The highest BCUT2D eigenvalue weighted by molar-refractivity contribution is 5.44. The van der Waals surface area contributed by atoms with Crippen LogP contribution in [0, 0.1) is 5.92 Å². The molecule has 6 heteroatoms. The maximum absolute atomic E-state index is 14.9. The van der Waals surface area contributed by atoms with E-state index in [9.17, 15) is 13.9 Å². The summed E-state index contributed by atoms with van der Waals surface area (Å²) in [6.07, 6.45) is 11.7. The first-order valence-electron chi connectivity index (χ1n) is 9.55. The van der Waals surface area contributed by atoms with Gasteiger partial charge in [0.1, 0.15) is 23.7 Å². The van der Waals surface area contributed by atoms with Gasteiger partial charge in [0.15, 0.2) is 0 Å². The lowest BCUT2D eigenvalue weighted by molar-refractivity contribution is -0.0980. The molecule has 2 aliphatic heterocycles. The summed E-state index contributed by atoms with van der Waals surface area (Å²) in [5.74, 6) is -1.52. The van der Waals surface area contributed by atoms with Gasteiger partial charge >= 0.3 is 0 Å². The van der Waals surface area contributed by atoms with E-state index in [0.29, 0.717) is 12.2 Å². The van der Waals surface area contributed by atoms with Crippen LogP contribution in [0.5, 0.6) is 0 Å². The molecule has 1 spiro atoms. The molecule has 0 aromatic carbocycles. The Balaban J connectivity index is 1.36. The Morgan fingerprint density at radius 3 is 2.84 bits per heavy atom. The minimum absolute atomic E-state index is 0.121. The molecule has 4 nitrogen and oxygen atoms in total. The standard InChI is InChI=1S/C19H28F2N2O2/c1-25-14-9-10-15-19(12-14)22-17(24)16(23(15)19)18(20,21)11-5-4-8-13-6-2-3-7-13/h9-10,12-13,15-17,22,24H,2-8,11H2,1H3. The van der Waals surface area contributed by atoms with Crippen LogP contribution in [0.25, 0.3) is 0 Å². The zero-order valence-corrected chi connectivity index (χ0v) is 14.8. The number of halogens is 2. The highest BCUT2D eigenvalue weighted by Crippen LogP contribution is 2.54. The number of allylic oxidation sites excluding steroid dienone is 1. The van der Waals surface area contributed by atoms with Gasteiger partial charge in [0.25, 0.3) is 5.92 Å². The minimum atomic E-state index is -2.90. The summed E-state index contributed by atoms with van der Waals surface area (Å²) < 4.78 is 34.9.